The fraction of sp³-hybridized carbons (Fsp3) is 0.450. The van der Waals surface area contributed by atoms with Crippen LogP contribution in [0, 0.1) is 17.7 Å². The Labute approximate surface area is 307 Å². The summed E-state index contributed by atoms with van der Waals surface area (Å²) in [4.78, 5) is 47.6. The Morgan fingerprint density at radius 1 is 0.788 bits per heavy atom. The Morgan fingerprint density at radius 2 is 1.35 bits per heavy atom. The normalized spacial score (nSPS) is 20.9. The highest BCUT2D eigenvalue weighted by molar-refractivity contribution is 7.21. The smallest absolute Gasteiger partial charge is 0.410 e. The number of fused-ring (bicyclic) bond motifs is 1. The Kier molecular flexibility index (Phi) is 9.17. The van der Waals surface area contributed by atoms with Crippen LogP contribution in [0.5, 0.6) is 0 Å². The van der Waals surface area contributed by atoms with Gasteiger partial charge < -0.3 is 19.4 Å². The lowest BCUT2D eigenvalue weighted by Gasteiger charge is -2.27. The molecule has 0 unspecified atom stereocenters. The molecule has 274 valence electrons. The Hall–Kier alpha value is -4.71. The van der Waals surface area contributed by atoms with Crippen LogP contribution in [0.4, 0.5) is 14.0 Å². The second kappa shape index (κ2) is 13.4. The van der Waals surface area contributed by atoms with Crippen LogP contribution in [0.15, 0.2) is 54.7 Å². The first-order chi connectivity index (χ1) is 24.5. The molecular formula is C40H47FN6O4S. The number of likely N-dealkylation sites (tertiary alicyclic amines) is 2. The van der Waals surface area contributed by atoms with E-state index in [0.29, 0.717) is 47.6 Å². The first kappa shape index (κ1) is 35.7. The topological polar surface area (TPSA) is 116 Å². The molecule has 2 aliphatic rings. The number of hydrogen-bond donors (Lipinski definition) is 2. The molecule has 2 fully saturated rings. The van der Waals surface area contributed by atoms with Crippen molar-refractivity contribution in [3.05, 3.63) is 72.2 Å². The summed E-state index contributed by atoms with van der Waals surface area (Å²) in [5.74, 6) is 1.75. The second-order valence-corrected chi connectivity index (χ2v) is 17.4. The number of hydrogen-bond acceptors (Lipinski definition) is 7. The summed E-state index contributed by atoms with van der Waals surface area (Å²) >= 11 is 1.58. The first-order valence-electron chi connectivity index (χ1n) is 18.0. The van der Waals surface area contributed by atoms with Crippen molar-refractivity contribution in [3.8, 4) is 32.8 Å². The highest BCUT2D eigenvalue weighted by Crippen LogP contribution is 2.40. The van der Waals surface area contributed by atoms with Gasteiger partial charge in [-0.15, -0.1) is 11.3 Å². The number of aromatic nitrogens is 4. The number of carbonyl (C=O) groups excluding carboxylic acids is 2. The number of halogens is 1. The maximum atomic E-state index is 15.6. The quantitative estimate of drug-likeness (QED) is 0.186. The van der Waals surface area contributed by atoms with Crippen LogP contribution < -0.4 is 0 Å². The zero-order valence-electron chi connectivity index (χ0n) is 31.0. The summed E-state index contributed by atoms with van der Waals surface area (Å²) in [6, 6.07) is 14.7. The van der Waals surface area contributed by atoms with E-state index in [2.05, 4.69) is 34.9 Å². The third-order valence-electron chi connectivity index (χ3n) is 9.46. The summed E-state index contributed by atoms with van der Waals surface area (Å²) in [5, 5.41) is 0. The van der Waals surface area contributed by atoms with Crippen molar-refractivity contribution in [3.63, 3.8) is 0 Å². The highest BCUT2D eigenvalue weighted by Gasteiger charge is 2.39. The molecule has 2 aliphatic heterocycles. The summed E-state index contributed by atoms with van der Waals surface area (Å²) in [5.41, 5.74) is 3.41. The highest BCUT2D eigenvalue weighted by atomic mass is 32.1. The van der Waals surface area contributed by atoms with Gasteiger partial charge in [0.1, 0.15) is 33.5 Å². The van der Waals surface area contributed by atoms with Crippen LogP contribution in [0.1, 0.15) is 92.0 Å². The van der Waals surface area contributed by atoms with Crippen LogP contribution in [-0.4, -0.2) is 66.2 Å². The van der Waals surface area contributed by atoms with Crippen LogP contribution in [0.2, 0.25) is 0 Å². The summed E-state index contributed by atoms with van der Waals surface area (Å²) in [6.07, 6.45) is 2.61. The number of ether oxygens (including phenoxy) is 2. The second-order valence-electron chi connectivity index (χ2n) is 16.4. The molecule has 52 heavy (non-hydrogen) atoms. The lowest BCUT2D eigenvalue weighted by Crippen LogP contribution is -2.37. The van der Waals surface area contributed by atoms with Gasteiger partial charge in [0.25, 0.3) is 0 Å². The number of amides is 2. The fourth-order valence-electron chi connectivity index (χ4n) is 7.17. The third kappa shape index (κ3) is 7.44. The van der Waals surface area contributed by atoms with E-state index in [0.717, 1.165) is 45.0 Å². The first-order valence-corrected chi connectivity index (χ1v) is 18.8. The van der Waals surface area contributed by atoms with Gasteiger partial charge in [0.05, 0.1) is 29.5 Å². The van der Waals surface area contributed by atoms with Gasteiger partial charge in [-0.05, 0) is 89.5 Å². The van der Waals surface area contributed by atoms with Gasteiger partial charge in [-0.25, -0.2) is 23.9 Å². The van der Waals surface area contributed by atoms with Gasteiger partial charge in [-0.1, -0.05) is 50.2 Å². The molecule has 2 N–H and O–H groups in total. The molecule has 10 nitrogen and oxygen atoms in total. The minimum Gasteiger partial charge on any atom is -0.444 e. The van der Waals surface area contributed by atoms with Crippen molar-refractivity contribution in [2.45, 2.75) is 91.5 Å². The van der Waals surface area contributed by atoms with E-state index in [1.54, 1.807) is 33.4 Å². The van der Waals surface area contributed by atoms with Gasteiger partial charge >= 0.3 is 12.2 Å². The molecule has 0 aliphatic carbocycles. The molecule has 0 saturated carbocycles. The zero-order chi connectivity index (χ0) is 37.1. The summed E-state index contributed by atoms with van der Waals surface area (Å²) < 4.78 is 27.0. The Morgan fingerprint density at radius 3 is 1.90 bits per heavy atom. The largest absolute Gasteiger partial charge is 0.444 e. The molecule has 0 radical (unpaired) electrons. The lowest BCUT2D eigenvalue weighted by atomic mass is 10.0. The van der Waals surface area contributed by atoms with E-state index in [9.17, 15) is 9.59 Å². The van der Waals surface area contributed by atoms with E-state index in [-0.39, 0.29) is 30.1 Å². The van der Waals surface area contributed by atoms with Crippen molar-refractivity contribution in [2.75, 3.05) is 13.1 Å². The molecule has 0 bridgehead atoms. The Bertz CT molecular complexity index is 2070. The molecule has 2 saturated heterocycles. The number of imidazole rings is 2. The standard InChI is InChI=1S/C40H47FN6O4S/c1-22-15-31(46(20-22)37(48)50-39(3,4)5)34-42-19-30(44-34)26-13-14-27(28(41)17-26)24-9-11-25(12-10-24)33-18-29-36(52-33)45-35(43-29)32-16-23(2)21-47(32)38(49)51-40(6,7)8/h9-14,17-19,22-23,31-32H,15-16,20-21H2,1-8H3,(H,42,44)(H,43,45)/t22-,23-,31-,32-/m0/s1. The van der Waals surface area contributed by atoms with E-state index < -0.39 is 11.2 Å². The maximum absolute atomic E-state index is 15.6. The minimum absolute atomic E-state index is 0.158. The summed E-state index contributed by atoms with van der Waals surface area (Å²) in [6.45, 7) is 16.7. The van der Waals surface area contributed by atoms with Gasteiger partial charge in [0, 0.05) is 29.1 Å². The number of rotatable bonds is 5. The SMILES string of the molecule is C[C@H]1C[C@@H](c2ncc(-c3ccc(-c4ccc(-c5cc6[nH]c([C@@H]7C[C@H](C)CN7C(=O)OC(C)(C)C)nc6s5)cc4)c(F)c3)[nH]2)N(C(=O)OC(C)(C)C)C1. The van der Waals surface area contributed by atoms with E-state index in [1.165, 1.54) is 6.07 Å². The molecule has 5 heterocycles. The molecule has 5 aromatic rings. The number of nitrogens with one attached hydrogen (secondary N) is 2. The predicted molar refractivity (Wildman–Crippen MR) is 201 cm³/mol. The lowest BCUT2D eigenvalue weighted by molar-refractivity contribution is 0.0204. The number of benzene rings is 2. The number of thiophene rings is 1. The number of H-pyrrole nitrogens is 2. The van der Waals surface area contributed by atoms with Crippen LogP contribution >= 0.6 is 11.3 Å². The van der Waals surface area contributed by atoms with Crippen LogP contribution in [0.25, 0.3) is 43.2 Å². The van der Waals surface area contributed by atoms with Gasteiger partial charge in [-0.2, -0.15) is 0 Å². The Balaban J connectivity index is 1.04. The number of carbonyl (C=O) groups is 2. The van der Waals surface area contributed by atoms with E-state index in [1.807, 2.05) is 71.9 Å². The van der Waals surface area contributed by atoms with E-state index in [4.69, 9.17) is 14.5 Å². The van der Waals surface area contributed by atoms with Crippen molar-refractivity contribution in [1.29, 1.82) is 0 Å². The molecule has 7 rings (SSSR count). The minimum atomic E-state index is -0.591. The molecular weight excluding hydrogens is 680 g/mol. The molecule has 3 aromatic heterocycles. The van der Waals surface area contributed by atoms with Gasteiger partial charge in [-0.3, -0.25) is 9.80 Å². The van der Waals surface area contributed by atoms with Crippen molar-refractivity contribution in [2.24, 2.45) is 11.8 Å². The van der Waals surface area contributed by atoms with Crippen molar-refractivity contribution >= 4 is 33.9 Å². The zero-order valence-corrected chi connectivity index (χ0v) is 31.9. The molecule has 12 heteroatoms. The van der Waals surface area contributed by atoms with Crippen LogP contribution in [0.3, 0.4) is 0 Å². The van der Waals surface area contributed by atoms with Crippen LogP contribution in [-0.2, 0) is 9.47 Å². The molecule has 4 atom stereocenters. The third-order valence-corrected chi connectivity index (χ3v) is 10.5. The van der Waals surface area contributed by atoms with Gasteiger partial charge in [0.2, 0.25) is 0 Å². The molecule has 2 amide bonds. The molecule has 0 spiro atoms. The number of aromatic amines is 2. The maximum Gasteiger partial charge on any atom is 0.410 e. The van der Waals surface area contributed by atoms with E-state index >= 15 is 4.39 Å². The van der Waals surface area contributed by atoms with Crippen molar-refractivity contribution < 1.29 is 23.5 Å². The average Bonchev–Trinajstić information content (AvgIpc) is 3.87. The average molecular weight is 727 g/mol. The molecule has 2 aromatic carbocycles. The monoisotopic (exact) mass is 726 g/mol. The fourth-order valence-corrected chi connectivity index (χ4v) is 8.17. The van der Waals surface area contributed by atoms with Gasteiger partial charge in [0.15, 0.2) is 0 Å². The summed E-state index contributed by atoms with van der Waals surface area (Å²) in [7, 11) is 0. The predicted octanol–water partition coefficient (Wildman–Crippen LogP) is 10.1. The number of nitrogens with zero attached hydrogens (tertiary/aromatic N) is 4. The van der Waals surface area contributed by atoms with Crippen molar-refractivity contribution in [1.82, 2.24) is 29.7 Å².